The number of likely N-dealkylation sites (N-methyl/N-ethyl adjacent to an activating group) is 2. The maximum atomic E-state index is 3.55. The highest BCUT2D eigenvalue weighted by atomic mass is 15.2. The lowest BCUT2D eigenvalue weighted by Crippen LogP contribution is -2.52. The molecule has 0 aromatic heterocycles. The lowest BCUT2D eigenvalue weighted by Gasteiger charge is -2.42. The fourth-order valence-electron chi connectivity index (χ4n) is 3.45. The van der Waals surface area contributed by atoms with Gasteiger partial charge in [-0.15, -0.1) is 0 Å². The fraction of sp³-hybridized carbons (Fsp3) is 1.00. The summed E-state index contributed by atoms with van der Waals surface area (Å²) in [4.78, 5) is 2.65. The molecular weight excluding hydrogens is 208 g/mol. The third kappa shape index (κ3) is 3.45. The molecule has 3 atom stereocenters. The maximum absolute atomic E-state index is 3.55. The van der Waals surface area contributed by atoms with Crippen LogP contribution in [0.1, 0.15) is 46.0 Å². The molecule has 0 spiro atoms. The Hall–Kier alpha value is -0.0800. The van der Waals surface area contributed by atoms with Gasteiger partial charge >= 0.3 is 0 Å². The van der Waals surface area contributed by atoms with Crippen molar-refractivity contribution in [3.8, 4) is 0 Å². The summed E-state index contributed by atoms with van der Waals surface area (Å²) in [7, 11) is 4.48. The van der Waals surface area contributed by atoms with E-state index in [1.165, 1.54) is 38.6 Å². The second-order valence-electron chi connectivity index (χ2n) is 6.66. The second-order valence-corrected chi connectivity index (χ2v) is 6.66. The summed E-state index contributed by atoms with van der Waals surface area (Å²) in [6.07, 6.45) is 7.10. The minimum Gasteiger partial charge on any atom is -0.315 e. The molecule has 0 aliphatic heterocycles. The third-order valence-corrected chi connectivity index (χ3v) is 4.98. The van der Waals surface area contributed by atoms with E-state index >= 15 is 0 Å². The van der Waals surface area contributed by atoms with Crippen molar-refractivity contribution in [3.63, 3.8) is 0 Å². The van der Waals surface area contributed by atoms with E-state index in [9.17, 15) is 0 Å². The van der Waals surface area contributed by atoms with Crippen molar-refractivity contribution in [1.29, 1.82) is 0 Å². The standard InChI is InChI=1S/C15H30N2/c1-11(2)13-7-8-14(16-3)15(9-13)17(4)10-12-5-6-12/h11-16H,5-10H2,1-4H3. The summed E-state index contributed by atoms with van der Waals surface area (Å²) in [6, 6.07) is 1.48. The van der Waals surface area contributed by atoms with Crippen molar-refractivity contribution >= 4 is 0 Å². The number of nitrogens with zero attached hydrogens (tertiary/aromatic N) is 1. The van der Waals surface area contributed by atoms with Crippen LogP contribution in [-0.2, 0) is 0 Å². The zero-order valence-corrected chi connectivity index (χ0v) is 12.1. The van der Waals surface area contributed by atoms with E-state index in [1.54, 1.807) is 0 Å². The van der Waals surface area contributed by atoms with E-state index in [2.05, 4.69) is 38.2 Å². The predicted octanol–water partition coefficient (Wildman–Crippen LogP) is 2.74. The van der Waals surface area contributed by atoms with Crippen molar-refractivity contribution in [1.82, 2.24) is 10.2 Å². The van der Waals surface area contributed by atoms with Crippen LogP contribution in [0.15, 0.2) is 0 Å². The summed E-state index contributed by atoms with van der Waals surface area (Å²) in [5.41, 5.74) is 0. The average molecular weight is 238 g/mol. The first-order valence-electron chi connectivity index (χ1n) is 7.49. The molecule has 2 aliphatic rings. The van der Waals surface area contributed by atoms with Crippen LogP contribution >= 0.6 is 0 Å². The van der Waals surface area contributed by atoms with Crippen LogP contribution in [0, 0.1) is 17.8 Å². The maximum Gasteiger partial charge on any atom is 0.0249 e. The summed E-state index contributed by atoms with van der Waals surface area (Å²) < 4.78 is 0. The number of hydrogen-bond donors (Lipinski definition) is 1. The van der Waals surface area contributed by atoms with E-state index in [1.807, 2.05) is 0 Å². The molecule has 2 rings (SSSR count). The van der Waals surface area contributed by atoms with Gasteiger partial charge in [-0.1, -0.05) is 13.8 Å². The topological polar surface area (TPSA) is 15.3 Å². The molecule has 0 radical (unpaired) electrons. The van der Waals surface area contributed by atoms with E-state index in [0.717, 1.165) is 23.8 Å². The highest BCUT2D eigenvalue weighted by molar-refractivity contribution is 4.92. The first-order chi connectivity index (χ1) is 8.11. The van der Waals surface area contributed by atoms with Crippen molar-refractivity contribution in [2.24, 2.45) is 17.8 Å². The molecule has 2 fully saturated rings. The highest BCUT2D eigenvalue weighted by Gasteiger charge is 2.35. The number of rotatable bonds is 5. The van der Waals surface area contributed by atoms with Gasteiger partial charge in [-0.25, -0.2) is 0 Å². The van der Waals surface area contributed by atoms with Crippen molar-refractivity contribution in [2.75, 3.05) is 20.6 Å². The van der Waals surface area contributed by atoms with Gasteiger partial charge in [-0.2, -0.15) is 0 Å². The molecule has 3 unspecified atom stereocenters. The largest absolute Gasteiger partial charge is 0.315 e. The minimum atomic E-state index is 0.716. The van der Waals surface area contributed by atoms with E-state index < -0.39 is 0 Å². The Balaban J connectivity index is 1.92. The molecule has 0 aromatic rings. The van der Waals surface area contributed by atoms with Gasteiger partial charge in [0.25, 0.3) is 0 Å². The van der Waals surface area contributed by atoms with Gasteiger partial charge in [-0.05, 0) is 64.0 Å². The molecule has 0 heterocycles. The van der Waals surface area contributed by atoms with Gasteiger partial charge in [-0.3, -0.25) is 0 Å². The van der Waals surface area contributed by atoms with Gasteiger partial charge in [0.1, 0.15) is 0 Å². The molecule has 0 bridgehead atoms. The van der Waals surface area contributed by atoms with Crippen LogP contribution in [0.3, 0.4) is 0 Å². The highest BCUT2D eigenvalue weighted by Crippen LogP contribution is 2.35. The molecule has 2 heteroatoms. The average Bonchev–Trinajstić information content (AvgIpc) is 3.11. The Labute approximate surface area is 107 Å². The Morgan fingerprint density at radius 2 is 1.88 bits per heavy atom. The summed E-state index contributed by atoms with van der Waals surface area (Å²) in [5, 5.41) is 3.55. The zero-order chi connectivity index (χ0) is 12.4. The summed E-state index contributed by atoms with van der Waals surface area (Å²) >= 11 is 0. The summed E-state index contributed by atoms with van der Waals surface area (Å²) in [6.45, 7) is 6.11. The van der Waals surface area contributed by atoms with E-state index in [4.69, 9.17) is 0 Å². The first-order valence-corrected chi connectivity index (χ1v) is 7.49. The predicted molar refractivity (Wildman–Crippen MR) is 74.2 cm³/mol. The van der Waals surface area contributed by atoms with Crippen LogP contribution in [0.2, 0.25) is 0 Å². The molecular formula is C15H30N2. The Morgan fingerprint density at radius 3 is 2.41 bits per heavy atom. The normalized spacial score (nSPS) is 34.6. The van der Waals surface area contributed by atoms with Crippen molar-refractivity contribution in [3.05, 3.63) is 0 Å². The molecule has 1 N–H and O–H groups in total. The monoisotopic (exact) mass is 238 g/mol. The van der Waals surface area contributed by atoms with Gasteiger partial charge in [0.15, 0.2) is 0 Å². The van der Waals surface area contributed by atoms with Crippen LogP contribution in [0.4, 0.5) is 0 Å². The first kappa shape index (κ1) is 13.4. The molecule has 0 aromatic carbocycles. The Morgan fingerprint density at radius 1 is 1.18 bits per heavy atom. The second kappa shape index (κ2) is 5.71. The SMILES string of the molecule is CNC1CCC(C(C)C)CC1N(C)CC1CC1. The van der Waals surface area contributed by atoms with Gasteiger partial charge in [0.05, 0.1) is 0 Å². The molecule has 100 valence electrons. The van der Waals surface area contributed by atoms with Crippen molar-refractivity contribution in [2.45, 2.75) is 58.0 Å². The van der Waals surface area contributed by atoms with Crippen molar-refractivity contribution < 1.29 is 0 Å². The number of nitrogens with one attached hydrogen (secondary N) is 1. The van der Waals surface area contributed by atoms with Crippen LogP contribution in [-0.4, -0.2) is 37.6 Å². The minimum absolute atomic E-state index is 0.716. The Bertz CT molecular complexity index is 235. The lowest BCUT2D eigenvalue weighted by atomic mass is 9.76. The molecule has 2 nitrogen and oxygen atoms in total. The van der Waals surface area contributed by atoms with Gasteiger partial charge in [0, 0.05) is 18.6 Å². The van der Waals surface area contributed by atoms with Gasteiger partial charge < -0.3 is 10.2 Å². The fourth-order valence-corrected chi connectivity index (χ4v) is 3.45. The van der Waals surface area contributed by atoms with Gasteiger partial charge in [0.2, 0.25) is 0 Å². The molecule has 17 heavy (non-hydrogen) atoms. The zero-order valence-electron chi connectivity index (χ0n) is 12.1. The van der Waals surface area contributed by atoms with Crippen LogP contribution in [0.25, 0.3) is 0 Å². The smallest absolute Gasteiger partial charge is 0.0249 e. The van der Waals surface area contributed by atoms with Crippen LogP contribution in [0.5, 0.6) is 0 Å². The van der Waals surface area contributed by atoms with E-state index in [-0.39, 0.29) is 0 Å². The molecule has 2 saturated carbocycles. The Kier molecular flexibility index (Phi) is 4.48. The molecule has 2 aliphatic carbocycles. The number of hydrogen-bond acceptors (Lipinski definition) is 2. The van der Waals surface area contributed by atoms with Crippen LogP contribution < -0.4 is 5.32 Å². The lowest BCUT2D eigenvalue weighted by molar-refractivity contribution is 0.102. The third-order valence-electron chi connectivity index (χ3n) is 4.98. The quantitative estimate of drug-likeness (QED) is 0.792. The molecule has 0 saturated heterocycles. The molecule has 0 amide bonds. The summed E-state index contributed by atoms with van der Waals surface area (Å²) in [5.74, 6) is 2.80. The van der Waals surface area contributed by atoms with E-state index in [0.29, 0.717) is 6.04 Å².